The smallest absolute Gasteiger partial charge is 0.253 e. The van der Waals surface area contributed by atoms with Crippen molar-refractivity contribution >= 4 is 16.8 Å². The van der Waals surface area contributed by atoms with Gasteiger partial charge in [-0.3, -0.25) is 4.79 Å². The van der Waals surface area contributed by atoms with Crippen LogP contribution in [0.2, 0.25) is 0 Å². The summed E-state index contributed by atoms with van der Waals surface area (Å²) >= 11 is 0. The van der Waals surface area contributed by atoms with Gasteiger partial charge in [-0.25, -0.2) is 0 Å². The maximum Gasteiger partial charge on any atom is 0.253 e. The lowest BCUT2D eigenvalue weighted by Gasteiger charge is -2.15. The standard InChI is InChI=1S/C14H17N3O/c1-9-7-17(8-12(9)15)14(18)11-3-2-10-4-5-16-13(10)6-11/h2-6,9,12,16H,7-8,15H2,1H3. The number of carbonyl (C=O) groups excluding carboxylic acids is 1. The van der Waals surface area contributed by atoms with E-state index in [-0.39, 0.29) is 11.9 Å². The molecule has 1 amide bonds. The number of fused-ring (bicyclic) bond motifs is 1. The topological polar surface area (TPSA) is 62.1 Å². The van der Waals surface area contributed by atoms with Gasteiger partial charge in [0, 0.05) is 36.4 Å². The Balaban J connectivity index is 1.87. The van der Waals surface area contributed by atoms with Gasteiger partial charge in [0.05, 0.1) is 0 Å². The number of likely N-dealkylation sites (tertiary alicyclic amines) is 1. The Bertz CT molecular complexity index is 579. The van der Waals surface area contributed by atoms with E-state index in [1.54, 1.807) is 0 Å². The van der Waals surface area contributed by atoms with E-state index in [1.165, 1.54) is 0 Å². The largest absolute Gasteiger partial charge is 0.361 e. The molecule has 0 spiro atoms. The second-order valence-corrected chi connectivity index (χ2v) is 5.13. The van der Waals surface area contributed by atoms with E-state index in [1.807, 2.05) is 35.4 Å². The van der Waals surface area contributed by atoms with Crippen LogP contribution in [0.1, 0.15) is 17.3 Å². The van der Waals surface area contributed by atoms with E-state index >= 15 is 0 Å². The minimum atomic E-state index is 0.0753. The summed E-state index contributed by atoms with van der Waals surface area (Å²) in [5, 5.41) is 1.12. The summed E-state index contributed by atoms with van der Waals surface area (Å²) in [5.41, 5.74) is 7.68. The van der Waals surface area contributed by atoms with Crippen LogP contribution in [-0.4, -0.2) is 34.9 Å². The van der Waals surface area contributed by atoms with Gasteiger partial charge in [-0.2, -0.15) is 0 Å². The van der Waals surface area contributed by atoms with E-state index < -0.39 is 0 Å². The number of rotatable bonds is 1. The molecular formula is C14H17N3O. The average Bonchev–Trinajstić information content (AvgIpc) is 2.95. The number of amides is 1. The first-order valence-corrected chi connectivity index (χ1v) is 6.27. The number of aromatic amines is 1. The summed E-state index contributed by atoms with van der Waals surface area (Å²) in [6.45, 7) is 3.50. The number of aromatic nitrogens is 1. The third kappa shape index (κ3) is 1.78. The highest BCUT2D eigenvalue weighted by atomic mass is 16.2. The molecule has 0 radical (unpaired) electrons. The second-order valence-electron chi connectivity index (χ2n) is 5.13. The van der Waals surface area contributed by atoms with Crippen molar-refractivity contribution in [1.29, 1.82) is 0 Å². The van der Waals surface area contributed by atoms with Crippen molar-refractivity contribution in [3.8, 4) is 0 Å². The summed E-state index contributed by atoms with van der Waals surface area (Å²) in [6.07, 6.45) is 1.88. The molecule has 1 saturated heterocycles. The summed E-state index contributed by atoms with van der Waals surface area (Å²) in [7, 11) is 0. The Kier molecular flexibility index (Phi) is 2.59. The fraction of sp³-hybridized carbons (Fsp3) is 0.357. The number of H-pyrrole nitrogens is 1. The van der Waals surface area contributed by atoms with Gasteiger partial charge < -0.3 is 15.6 Å². The highest BCUT2D eigenvalue weighted by molar-refractivity contribution is 5.98. The number of nitrogens with zero attached hydrogens (tertiary/aromatic N) is 1. The minimum Gasteiger partial charge on any atom is -0.361 e. The zero-order chi connectivity index (χ0) is 12.7. The van der Waals surface area contributed by atoms with Gasteiger partial charge >= 0.3 is 0 Å². The Morgan fingerprint density at radius 3 is 2.94 bits per heavy atom. The van der Waals surface area contributed by atoms with Crippen LogP contribution in [0.25, 0.3) is 10.9 Å². The van der Waals surface area contributed by atoms with Crippen LogP contribution < -0.4 is 5.73 Å². The van der Waals surface area contributed by atoms with Crippen molar-refractivity contribution in [2.75, 3.05) is 13.1 Å². The van der Waals surface area contributed by atoms with Crippen molar-refractivity contribution in [3.05, 3.63) is 36.0 Å². The van der Waals surface area contributed by atoms with Gasteiger partial charge in [-0.15, -0.1) is 0 Å². The third-order valence-corrected chi connectivity index (χ3v) is 3.76. The van der Waals surface area contributed by atoms with Crippen molar-refractivity contribution in [1.82, 2.24) is 9.88 Å². The normalized spacial score (nSPS) is 23.8. The molecule has 0 saturated carbocycles. The van der Waals surface area contributed by atoms with Crippen LogP contribution in [0, 0.1) is 5.92 Å². The summed E-state index contributed by atoms with van der Waals surface area (Å²) in [6, 6.07) is 7.86. The predicted molar refractivity (Wildman–Crippen MR) is 71.3 cm³/mol. The highest BCUT2D eigenvalue weighted by Crippen LogP contribution is 2.20. The summed E-state index contributed by atoms with van der Waals surface area (Å²) < 4.78 is 0. The zero-order valence-corrected chi connectivity index (χ0v) is 10.4. The zero-order valence-electron chi connectivity index (χ0n) is 10.4. The van der Waals surface area contributed by atoms with E-state index in [2.05, 4.69) is 11.9 Å². The summed E-state index contributed by atoms with van der Waals surface area (Å²) in [4.78, 5) is 17.3. The van der Waals surface area contributed by atoms with E-state index in [4.69, 9.17) is 5.73 Å². The van der Waals surface area contributed by atoms with Gasteiger partial charge in [0.2, 0.25) is 0 Å². The van der Waals surface area contributed by atoms with Crippen molar-refractivity contribution in [2.24, 2.45) is 11.7 Å². The third-order valence-electron chi connectivity index (χ3n) is 3.76. The molecule has 1 aromatic heterocycles. The SMILES string of the molecule is CC1CN(C(=O)c2ccc3cc[nH]c3c2)CC1N. The number of hydrogen-bond acceptors (Lipinski definition) is 2. The van der Waals surface area contributed by atoms with Crippen LogP contribution in [0.15, 0.2) is 30.5 Å². The maximum atomic E-state index is 12.4. The Labute approximate surface area is 106 Å². The molecule has 3 rings (SSSR count). The van der Waals surface area contributed by atoms with E-state index in [0.717, 1.165) is 23.0 Å². The molecule has 4 nitrogen and oxygen atoms in total. The maximum absolute atomic E-state index is 12.4. The molecule has 1 aliphatic heterocycles. The van der Waals surface area contributed by atoms with E-state index in [9.17, 15) is 4.79 Å². The number of nitrogens with two attached hydrogens (primary N) is 1. The van der Waals surface area contributed by atoms with Crippen LogP contribution in [0.3, 0.4) is 0 Å². The molecule has 94 valence electrons. The molecule has 4 heteroatoms. The molecule has 3 N–H and O–H groups in total. The van der Waals surface area contributed by atoms with Crippen molar-refractivity contribution in [2.45, 2.75) is 13.0 Å². The van der Waals surface area contributed by atoms with Gasteiger partial charge in [-0.05, 0) is 29.5 Å². The van der Waals surface area contributed by atoms with Gasteiger partial charge in [-0.1, -0.05) is 13.0 Å². The van der Waals surface area contributed by atoms with Gasteiger partial charge in [0.15, 0.2) is 0 Å². The van der Waals surface area contributed by atoms with Gasteiger partial charge in [0.1, 0.15) is 0 Å². The summed E-state index contributed by atoms with van der Waals surface area (Å²) in [5.74, 6) is 0.453. The Morgan fingerprint density at radius 2 is 2.22 bits per heavy atom. The first-order valence-electron chi connectivity index (χ1n) is 6.27. The first-order chi connectivity index (χ1) is 8.65. The molecule has 2 aromatic rings. The Morgan fingerprint density at radius 1 is 1.39 bits per heavy atom. The molecular weight excluding hydrogens is 226 g/mol. The fourth-order valence-electron chi connectivity index (χ4n) is 2.52. The molecule has 0 bridgehead atoms. The highest BCUT2D eigenvalue weighted by Gasteiger charge is 2.30. The van der Waals surface area contributed by atoms with Gasteiger partial charge in [0.25, 0.3) is 5.91 Å². The van der Waals surface area contributed by atoms with Crippen LogP contribution in [-0.2, 0) is 0 Å². The van der Waals surface area contributed by atoms with Crippen LogP contribution in [0.4, 0.5) is 0 Å². The number of hydrogen-bond donors (Lipinski definition) is 2. The minimum absolute atomic E-state index is 0.0753. The molecule has 2 atom stereocenters. The molecule has 0 aliphatic carbocycles. The number of carbonyl (C=O) groups is 1. The predicted octanol–water partition coefficient (Wildman–Crippen LogP) is 1.59. The lowest BCUT2D eigenvalue weighted by Crippen LogP contribution is -2.32. The number of nitrogens with one attached hydrogen (secondary N) is 1. The Hall–Kier alpha value is -1.81. The molecule has 18 heavy (non-hydrogen) atoms. The quantitative estimate of drug-likeness (QED) is 0.799. The van der Waals surface area contributed by atoms with E-state index in [0.29, 0.717) is 12.5 Å². The lowest BCUT2D eigenvalue weighted by molar-refractivity contribution is 0.0787. The molecule has 1 aliphatic rings. The van der Waals surface area contributed by atoms with Crippen molar-refractivity contribution < 1.29 is 4.79 Å². The monoisotopic (exact) mass is 243 g/mol. The molecule has 1 aromatic carbocycles. The van der Waals surface area contributed by atoms with Crippen LogP contribution in [0.5, 0.6) is 0 Å². The molecule has 2 unspecified atom stereocenters. The molecule has 2 heterocycles. The second kappa shape index (κ2) is 4.14. The average molecular weight is 243 g/mol. The first kappa shape index (κ1) is 11.3. The lowest BCUT2D eigenvalue weighted by atomic mass is 10.1. The van der Waals surface area contributed by atoms with Crippen molar-refractivity contribution in [3.63, 3.8) is 0 Å². The van der Waals surface area contributed by atoms with Crippen LogP contribution >= 0.6 is 0 Å². The number of benzene rings is 1. The molecule has 1 fully saturated rings. The fourth-order valence-corrected chi connectivity index (χ4v) is 2.52.